The molecular formula is C47H56B28N4O. The summed E-state index contributed by atoms with van der Waals surface area (Å²) in [6, 6.07) is 0. The lowest BCUT2D eigenvalue weighted by atomic mass is 9.63. The van der Waals surface area contributed by atoms with Crippen molar-refractivity contribution in [2.24, 2.45) is 0 Å². The van der Waals surface area contributed by atoms with Gasteiger partial charge in [0.2, 0.25) is 0 Å². The average Bonchev–Trinajstić information content (AvgIpc) is 4.23. The molecule has 0 amide bonds. The first kappa shape index (κ1) is 55.3. The number of benzene rings is 7. The minimum atomic E-state index is 0.842. The van der Waals surface area contributed by atoms with E-state index in [1.54, 1.807) is 0 Å². The largest absolute Gasteiger partial charge is 0.453 e. The van der Waals surface area contributed by atoms with Crippen molar-refractivity contribution in [2.45, 2.75) is 0 Å². The maximum absolute atomic E-state index is 7.63. The summed E-state index contributed by atoms with van der Waals surface area (Å²) in [6.07, 6.45) is 0. The molecule has 5 aromatic heterocycles. The van der Waals surface area contributed by atoms with Crippen LogP contribution < -0.4 is 153 Å². The molecule has 0 saturated heterocycles. The maximum Gasteiger partial charge on any atom is 0.181 e. The van der Waals surface area contributed by atoms with Gasteiger partial charge in [-0.05, 0) is 32.5 Å². The molecule has 0 atom stereocenters. The van der Waals surface area contributed by atoms with Gasteiger partial charge in [0.05, 0.1) is 0 Å². The Labute approximate surface area is 497 Å². The molecule has 12 rings (SSSR count). The van der Waals surface area contributed by atoms with Crippen molar-refractivity contribution in [1.29, 1.82) is 0 Å². The molecule has 0 bridgehead atoms. The van der Waals surface area contributed by atoms with Crippen LogP contribution in [-0.4, -0.2) is 238 Å². The molecule has 0 aliphatic carbocycles. The van der Waals surface area contributed by atoms with Crippen molar-refractivity contribution >= 4 is 460 Å². The minimum Gasteiger partial charge on any atom is -0.453 e. The molecular weight excluding hydrogens is 939 g/mol. The Morgan fingerprint density at radius 2 is 0.438 bits per heavy atom. The molecule has 80 heavy (non-hydrogen) atoms. The van der Waals surface area contributed by atoms with E-state index in [4.69, 9.17) is 9.40 Å². The first-order valence-electron chi connectivity index (χ1n) is 29.4. The number of furan rings is 1. The van der Waals surface area contributed by atoms with E-state index in [1.807, 2.05) is 0 Å². The molecule has 7 aromatic carbocycles. The number of hydrogen-bond acceptors (Lipinski definition) is 2. The zero-order chi connectivity index (χ0) is 58.3. The number of hydrogen-bond donors (Lipinski definition) is 0. The molecule has 5 nitrogen and oxygen atoms in total. The number of aromatic nitrogens is 4. The van der Waals surface area contributed by atoms with Crippen LogP contribution in [0.5, 0.6) is 0 Å². The first-order valence-corrected chi connectivity index (χ1v) is 29.4. The number of rotatable bonds is 3. The normalized spacial score (nSPS) is 12.2. The SMILES string of the molecule is Bc1nc(-n2c3c(B)c(B)c(B)c(B)c3c3c(B)c(-n4c5c(B)c(B)c(B)c(B)c5c5c(B)c(B)c(B)c(B)c54)c(B)c(B)c32)c2oc3c(B)c(B)c(-n4c5c(B)c(B)c(B)c(B)c5c5c(B)c(B)c(B)c(B)c54)c(B)c3c2c1B. The van der Waals surface area contributed by atoms with Gasteiger partial charge >= 0.3 is 0 Å². The Balaban J connectivity index is 1.28. The molecule has 0 radical (unpaired) electrons. The summed E-state index contributed by atoms with van der Waals surface area (Å²) in [5.74, 6) is 0.858. The second-order valence-corrected chi connectivity index (χ2v) is 25.5. The van der Waals surface area contributed by atoms with E-state index in [2.05, 4.69) is 233 Å². The van der Waals surface area contributed by atoms with Gasteiger partial charge in [-0.1, -0.05) is 120 Å². The van der Waals surface area contributed by atoms with Gasteiger partial charge in [0, 0.05) is 60.6 Å². The number of pyridine rings is 1. The Hall–Kier alpha value is -5.29. The summed E-state index contributed by atoms with van der Waals surface area (Å²) in [5.41, 5.74) is 48.8. The summed E-state index contributed by atoms with van der Waals surface area (Å²) < 4.78 is 15.6. The molecule has 0 unspecified atom stereocenters. The Bertz CT molecular complexity index is 4900. The molecule has 354 valence electrons. The zero-order valence-electron chi connectivity index (χ0n) is 53.7. The lowest BCUT2D eigenvalue weighted by Crippen LogP contribution is -2.49. The van der Waals surface area contributed by atoms with Gasteiger partial charge in [-0.15, -0.1) is 27.3 Å². The molecule has 0 N–H and O–H groups in total. The highest BCUT2D eigenvalue weighted by Gasteiger charge is 2.33. The molecule has 0 saturated carbocycles. The van der Waals surface area contributed by atoms with Crippen molar-refractivity contribution in [2.75, 3.05) is 0 Å². The van der Waals surface area contributed by atoms with E-state index in [9.17, 15) is 0 Å². The Morgan fingerprint density at radius 3 is 0.762 bits per heavy atom. The molecule has 0 aliphatic rings. The first-order chi connectivity index (χ1) is 37.5. The summed E-state index contributed by atoms with van der Waals surface area (Å²) >= 11 is 0. The van der Waals surface area contributed by atoms with Gasteiger partial charge in [-0.3, -0.25) is 4.57 Å². The lowest BCUT2D eigenvalue weighted by molar-refractivity contribution is 0.667. The summed E-state index contributed by atoms with van der Waals surface area (Å²) in [5, 5.41) is 10.5. The monoisotopic (exact) mass is 1000 g/mol. The van der Waals surface area contributed by atoms with Crippen LogP contribution in [0.15, 0.2) is 4.42 Å². The van der Waals surface area contributed by atoms with Crippen LogP contribution in [0.4, 0.5) is 0 Å². The molecule has 0 aliphatic heterocycles. The smallest absolute Gasteiger partial charge is 0.181 e. The van der Waals surface area contributed by atoms with Crippen LogP contribution in [-0.2, 0) is 0 Å². The van der Waals surface area contributed by atoms with Crippen LogP contribution in [0, 0.1) is 0 Å². The van der Waals surface area contributed by atoms with Crippen molar-refractivity contribution < 1.29 is 4.42 Å². The van der Waals surface area contributed by atoms with Gasteiger partial charge < -0.3 is 13.6 Å². The fourth-order valence-electron chi connectivity index (χ4n) is 15.7. The van der Waals surface area contributed by atoms with E-state index in [0.717, 1.165) is 38.9 Å². The Morgan fingerprint density at radius 1 is 0.200 bits per heavy atom. The number of fused-ring (bicyclic) bond motifs is 12. The lowest BCUT2D eigenvalue weighted by Gasteiger charge is -2.23. The van der Waals surface area contributed by atoms with E-state index >= 15 is 0 Å². The van der Waals surface area contributed by atoms with E-state index in [-0.39, 0.29) is 0 Å². The third-order valence-electron chi connectivity index (χ3n) is 22.6. The minimum absolute atomic E-state index is 0.842. The van der Waals surface area contributed by atoms with Crippen molar-refractivity contribution in [3.63, 3.8) is 0 Å². The van der Waals surface area contributed by atoms with Crippen LogP contribution in [0.1, 0.15) is 0 Å². The van der Waals surface area contributed by atoms with Gasteiger partial charge in [0.25, 0.3) is 0 Å². The van der Waals surface area contributed by atoms with Crippen LogP contribution in [0.2, 0.25) is 0 Å². The fourth-order valence-corrected chi connectivity index (χ4v) is 15.7. The number of nitrogens with zero attached hydrogens (tertiary/aromatic N) is 4. The van der Waals surface area contributed by atoms with Gasteiger partial charge in [0.1, 0.15) is 217 Å². The van der Waals surface area contributed by atoms with Gasteiger partial charge in [-0.2, -0.15) is 0 Å². The highest BCUT2D eigenvalue weighted by Crippen LogP contribution is 2.36. The third kappa shape index (κ3) is 6.56. The molecule has 5 heterocycles. The molecule has 33 heteroatoms. The average molecular weight is 996 g/mol. The maximum atomic E-state index is 7.63. The highest BCUT2D eigenvalue weighted by atomic mass is 16.3. The van der Waals surface area contributed by atoms with E-state index in [1.165, 1.54) is 219 Å². The van der Waals surface area contributed by atoms with E-state index in [0.29, 0.717) is 0 Å². The van der Waals surface area contributed by atoms with E-state index < -0.39 is 0 Å². The van der Waals surface area contributed by atoms with Gasteiger partial charge in [0.15, 0.2) is 19.2 Å². The summed E-state index contributed by atoms with van der Waals surface area (Å²) in [7, 11) is 65.3. The quantitative estimate of drug-likeness (QED) is 0.166. The van der Waals surface area contributed by atoms with Crippen molar-refractivity contribution in [3.05, 3.63) is 0 Å². The molecule has 12 aromatic rings. The highest BCUT2D eigenvalue weighted by molar-refractivity contribution is 6.76. The van der Waals surface area contributed by atoms with Crippen molar-refractivity contribution in [1.82, 2.24) is 18.7 Å². The van der Waals surface area contributed by atoms with Gasteiger partial charge in [-0.25, -0.2) is 4.98 Å². The molecule has 0 fully saturated rings. The second-order valence-electron chi connectivity index (χ2n) is 25.5. The summed E-state index contributed by atoms with van der Waals surface area (Å²) in [4.78, 5) is 5.77. The van der Waals surface area contributed by atoms with Crippen LogP contribution >= 0.6 is 0 Å². The van der Waals surface area contributed by atoms with Crippen molar-refractivity contribution in [3.8, 4) is 17.2 Å². The molecule has 0 spiro atoms. The second kappa shape index (κ2) is 18.1. The fraction of sp³-hybridized carbons (Fsp3) is 0. The zero-order valence-corrected chi connectivity index (χ0v) is 53.7. The topological polar surface area (TPSA) is 40.8 Å². The predicted octanol–water partition coefficient (Wildman–Crippen LogP) is -36.5. The summed E-state index contributed by atoms with van der Waals surface area (Å²) in [6.45, 7) is 0. The standard InChI is InChI=1S/C47H56B28N4O/c48-9-1-2-10(49)18(57)23(62)28(67)37(2)77(36(1)27(66)22(61)17(9)56)42-14(53)6-5-13(52)21(60)26(65)31(70)40(5)79(41(6)32(71)33(42)72)47-45-8(16(55)46(75)76-47)7-15(54)43(34(73)35(74)44(7)80-45)78-38-3(11(50)19(58)24(63)29(38)68)4-12(51)20(59)25(64)30(69)39(4)78/h48-75H2. The van der Waals surface area contributed by atoms with Crippen LogP contribution in [0.25, 0.3) is 105 Å². The van der Waals surface area contributed by atoms with Crippen LogP contribution in [0.3, 0.4) is 0 Å². The third-order valence-corrected chi connectivity index (χ3v) is 22.6. The Kier molecular flexibility index (Phi) is 12.5. The predicted molar refractivity (Wildman–Crippen MR) is 444 cm³/mol.